The van der Waals surface area contributed by atoms with Crippen LogP contribution in [-0.4, -0.2) is 118 Å². The van der Waals surface area contributed by atoms with Crippen molar-refractivity contribution in [3.8, 4) is 45.6 Å². The quantitative estimate of drug-likeness (QED) is 0.201. The zero-order valence-electron chi connectivity index (χ0n) is 24.0. The Bertz CT molecular complexity index is 1320. The first-order valence-electron chi connectivity index (χ1n) is 12.3. The molecule has 1 heterocycles. The zero-order chi connectivity index (χ0) is 31.5. The molecule has 0 amide bonds. The van der Waals surface area contributed by atoms with Crippen LogP contribution in [-0.2, 0) is 9.47 Å². The van der Waals surface area contributed by atoms with Crippen LogP contribution in [0.25, 0.3) is 11.1 Å². The molecular weight excluding hydrogens is 564 g/mol. The molecule has 1 aliphatic rings. The van der Waals surface area contributed by atoms with Crippen molar-refractivity contribution in [3.63, 3.8) is 0 Å². The topological polar surface area (TPSA) is 209 Å². The fourth-order valence-corrected chi connectivity index (χ4v) is 4.89. The number of esters is 2. The summed E-state index contributed by atoms with van der Waals surface area (Å²) < 4.78 is 43.6. The van der Waals surface area contributed by atoms with E-state index >= 15 is 0 Å². The van der Waals surface area contributed by atoms with E-state index in [2.05, 4.69) is 0 Å². The fraction of sp³-hybridized carbons (Fsp3) is 0.481. The van der Waals surface area contributed by atoms with E-state index in [4.69, 9.17) is 37.9 Å². The van der Waals surface area contributed by atoms with E-state index in [1.54, 1.807) is 0 Å². The lowest BCUT2D eigenvalue weighted by atomic mass is 9.83. The highest BCUT2D eigenvalue weighted by atomic mass is 16.6. The van der Waals surface area contributed by atoms with Gasteiger partial charge in [0.15, 0.2) is 29.1 Å². The minimum absolute atomic E-state index is 0.0207. The number of carbonyl (C=O) groups is 2. The third kappa shape index (κ3) is 5.20. The molecule has 0 radical (unpaired) electrons. The number of cyclic esters (lactones) is 1. The number of benzene rings is 2. The molecule has 0 unspecified atom stereocenters. The molecule has 15 nitrogen and oxygen atoms in total. The molecule has 0 fully saturated rings. The average molecular weight is 599 g/mol. The number of carbonyl (C=O) groups excluding carboxylic acids is 2. The highest BCUT2D eigenvalue weighted by molar-refractivity contribution is 6.10. The van der Waals surface area contributed by atoms with Crippen molar-refractivity contribution in [2.24, 2.45) is 0 Å². The van der Waals surface area contributed by atoms with Gasteiger partial charge in [0, 0.05) is 16.7 Å². The van der Waals surface area contributed by atoms with Crippen molar-refractivity contribution in [3.05, 3.63) is 22.8 Å². The Morgan fingerprint density at radius 1 is 0.810 bits per heavy atom. The Balaban J connectivity index is 2.56. The molecule has 3 rings (SSSR count). The van der Waals surface area contributed by atoms with Crippen molar-refractivity contribution in [1.29, 1.82) is 0 Å². The molecule has 0 saturated heterocycles. The van der Waals surface area contributed by atoms with Gasteiger partial charge in [-0.1, -0.05) is 0 Å². The predicted molar refractivity (Wildman–Crippen MR) is 142 cm³/mol. The monoisotopic (exact) mass is 598 g/mol. The second-order valence-electron chi connectivity index (χ2n) is 8.87. The highest BCUT2D eigenvalue weighted by Gasteiger charge is 2.48. The van der Waals surface area contributed by atoms with Crippen molar-refractivity contribution >= 4 is 11.9 Å². The number of rotatable bonds is 12. The van der Waals surface area contributed by atoms with Crippen LogP contribution in [0.2, 0.25) is 0 Å². The second-order valence-corrected chi connectivity index (χ2v) is 8.87. The molecule has 2 aromatic carbocycles. The summed E-state index contributed by atoms with van der Waals surface area (Å²) in [7, 11) is 8.78. The summed E-state index contributed by atoms with van der Waals surface area (Å²) in [6.07, 6.45) is -9.68. The fourth-order valence-electron chi connectivity index (χ4n) is 4.89. The van der Waals surface area contributed by atoms with Gasteiger partial charge in [0.25, 0.3) is 0 Å². The first-order valence-corrected chi connectivity index (χ1v) is 12.3. The number of hydrogen-bond acceptors (Lipinski definition) is 15. The van der Waals surface area contributed by atoms with Crippen molar-refractivity contribution in [1.82, 2.24) is 0 Å². The van der Waals surface area contributed by atoms with Gasteiger partial charge < -0.3 is 63.4 Å². The smallest absolute Gasteiger partial charge is 0.339 e. The van der Waals surface area contributed by atoms with E-state index in [1.165, 1.54) is 48.7 Å². The molecule has 0 aromatic heterocycles. The first kappa shape index (κ1) is 32.5. The molecule has 5 atom stereocenters. The molecule has 1 aliphatic heterocycles. The van der Waals surface area contributed by atoms with Gasteiger partial charge in [-0.05, 0) is 6.07 Å². The molecule has 0 spiro atoms. The molecule has 232 valence electrons. The summed E-state index contributed by atoms with van der Waals surface area (Å²) in [5.41, 5.74) is -1.10. The predicted octanol–water partition coefficient (Wildman–Crippen LogP) is -0.161. The molecule has 0 saturated carbocycles. The second kappa shape index (κ2) is 13.3. The molecular formula is C27H34O15. The number of aliphatic hydroxyl groups is 5. The van der Waals surface area contributed by atoms with Gasteiger partial charge in [-0.2, -0.15) is 0 Å². The van der Waals surface area contributed by atoms with E-state index < -0.39 is 49.1 Å². The molecule has 2 aromatic rings. The van der Waals surface area contributed by atoms with E-state index in [-0.39, 0.29) is 62.3 Å². The van der Waals surface area contributed by atoms with E-state index in [0.717, 1.165) is 7.11 Å². The SMILES string of the molecule is COC(=O)c1cc(OC)c(OC)c(OC)c1-c1c(OC)c(OC)c(OC)c2c1C(=O)O[C@@H]([C@@H](O)[C@H](O)[C@H](O)CO)[C@H]2O. The summed E-state index contributed by atoms with van der Waals surface area (Å²) in [4.78, 5) is 26.9. The maximum Gasteiger partial charge on any atom is 0.339 e. The van der Waals surface area contributed by atoms with E-state index in [1.807, 2.05) is 0 Å². The van der Waals surface area contributed by atoms with Gasteiger partial charge in [0.05, 0.1) is 67.5 Å². The summed E-state index contributed by atoms with van der Waals surface area (Å²) in [6, 6.07) is 1.29. The lowest BCUT2D eigenvalue weighted by Gasteiger charge is -2.37. The Morgan fingerprint density at radius 3 is 1.83 bits per heavy atom. The summed E-state index contributed by atoms with van der Waals surface area (Å²) in [5, 5.41) is 51.6. The van der Waals surface area contributed by atoms with Crippen molar-refractivity contribution in [2.45, 2.75) is 30.5 Å². The Hall–Kier alpha value is -4.02. The number of fused-ring (bicyclic) bond motifs is 1. The van der Waals surface area contributed by atoms with Crippen molar-refractivity contribution < 1.29 is 73.0 Å². The molecule has 0 bridgehead atoms. The Kier molecular flexibility index (Phi) is 10.3. The number of hydrogen-bond donors (Lipinski definition) is 5. The maximum absolute atomic E-state index is 13.8. The third-order valence-corrected chi connectivity index (χ3v) is 6.82. The normalized spacial score (nSPS) is 18.1. The van der Waals surface area contributed by atoms with Gasteiger partial charge in [-0.3, -0.25) is 0 Å². The number of methoxy groups -OCH3 is 7. The van der Waals surface area contributed by atoms with Gasteiger partial charge in [0.1, 0.15) is 24.4 Å². The zero-order valence-corrected chi connectivity index (χ0v) is 24.0. The van der Waals surface area contributed by atoms with E-state index in [9.17, 15) is 35.1 Å². The number of aliphatic hydroxyl groups excluding tert-OH is 5. The van der Waals surface area contributed by atoms with Gasteiger partial charge in [0.2, 0.25) is 11.5 Å². The van der Waals surface area contributed by atoms with Crippen LogP contribution in [0.4, 0.5) is 0 Å². The van der Waals surface area contributed by atoms with Gasteiger partial charge in [-0.25, -0.2) is 9.59 Å². The average Bonchev–Trinajstić information content (AvgIpc) is 3.01. The van der Waals surface area contributed by atoms with Crippen LogP contribution in [0.5, 0.6) is 34.5 Å². The first-order chi connectivity index (χ1) is 20.0. The van der Waals surface area contributed by atoms with Crippen LogP contribution < -0.4 is 28.4 Å². The Morgan fingerprint density at radius 2 is 1.36 bits per heavy atom. The van der Waals surface area contributed by atoms with Crippen LogP contribution in [0.1, 0.15) is 32.4 Å². The third-order valence-electron chi connectivity index (χ3n) is 6.82. The summed E-state index contributed by atoms with van der Waals surface area (Å²) in [6.45, 7) is -0.931. The molecule has 0 aliphatic carbocycles. The van der Waals surface area contributed by atoms with Crippen molar-refractivity contribution in [2.75, 3.05) is 56.4 Å². The van der Waals surface area contributed by atoms with E-state index in [0.29, 0.717) is 0 Å². The summed E-state index contributed by atoms with van der Waals surface area (Å²) in [5.74, 6) is -2.54. The van der Waals surface area contributed by atoms with Gasteiger partial charge in [-0.15, -0.1) is 0 Å². The maximum atomic E-state index is 13.8. The lowest BCUT2D eigenvalue weighted by Crippen LogP contribution is -2.51. The molecule has 5 N–H and O–H groups in total. The minimum atomic E-state index is -2.07. The van der Waals surface area contributed by atoms with Crippen LogP contribution in [0.3, 0.4) is 0 Å². The van der Waals surface area contributed by atoms with Crippen LogP contribution in [0, 0.1) is 0 Å². The number of ether oxygens (including phenoxy) is 8. The van der Waals surface area contributed by atoms with Gasteiger partial charge >= 0.3 is 11.9 Å². The lowest BCUT2D eigenvalue weighted by molar-refractivity contribution is -0.147. The van der Waals surface area contributed by atoms with Crippen LogP contribution in [0.15, 0.2) is 6.07 Å². The van der Waals surface area contributed by atoms with Crippen LogP contribution >= 0.6 is 0 Å². The largest absolute Gasteiger partial charge is 0.493 e. The highest BCUT2D eigenvalue weighted by Crippen LogP contribution is 2.58. The minimum Gasteiger partial charge on any atom is -0.493 e. The Labute approximate surface area is 240 Å². The molecule has 15 heteroatoms. The summed E-state index contributed by atoms with van der Waals surface area (Å²) >= 11 is 0. The molecule has 42 heavy (non-hydrogen) atoms. The standard InChI is InChI=1S/C27H34O15/c1-35-12-8-10(26(33)41-7)13(21(37-3)20(12)36-2)14-15-16(23(39-5)25(40-6)22(14)38-4)18(31)24(42-27(15)34)19(32)17(30)11(29)9-28/h8,11,17-19,24,28-32H,9H2,1-7H3/t11-,17-,18+,19+,24-/m1/s1.